The Labute approximate surface area is 152 Å². The fourth-order valence-corrected chi connectivity index (χ4v) is 4.55. The maximum Gasteiger partial charge on any atom is 0.281 e. The highest BCUT2D eigenvalue weighted by atomic mass is 32.1. The fourth-order valence-electron chi connectivity index (χ4n) is 3.72. The van der Waals surface area contributed by atoms with Crippen molar-refractivity contribution in [2.24, 2.45) is 0 Å². The second-order valence-corrected chi connectivity index (χ2v) is 7.48. The molecule has 0 amide bonds. The minimum atomic E-state index is -0.157. The van der Waals surface area contributed by atoms with Crippen molar-refractivity contribution in [3.05, 3.63) is 80.4 Å². The van der Waals surface area contributed by atoms with E-state index in [0.717, 1.165) is 11.3 Å². The molecule has 0 saturated heterocycles. The van der Waals surface area contributed by atoms with Crippen molar-refractivity contribution in [2.45, 2.75) is 18.8 Å². The number of nitrogens with zero attached hydrogens (tertiary/aromatic N) is 2. The predicted octanol–water partition coefficient (Wildman–Crippen LogP) is 3.69. The van der Waals surface area contributed by atoms with Crippen molar-refractivity contribution in [1.82, 2.24) is 14.8 Å². The summed E-state index contributed by atoms with van der Waals surface area (Å²) in [6.45, 7) is 0. The summed E-state index contributed by atoms with van der Waals surface area (Å²) in [7, 11) is 0. The number of H-pyrrole nitrogens is 1. The van der Waals surface area contributed by atoms with E-state index in [1.165, 1.54) is 9.56 Å². The molecule has 128 valence electrons. The number of aromatic nitrogens is 3. The first-order valence-electron chi connectivity index (χ1n) is 8.47. The Morgan fingerprint density at radius 1 is 1.08 bits per heavy atom. The summed E-state index contributed by atoms with van der Waals surface area (Å²) in [5, 5.41) is 5.63. The number of rotatable bonds is 2. The molecule has 1 aliphatic carbocycles. The van der Waals surface area contributed by atoms with Crippen LogP contribution in [0.1, 0.15) is 33.1 Å². The van der Waals surface area contributed by atoms with Crippen LogP contribution in [0.3, 0.4) is 0 Å². The molecule has 4 aromatic rings. The lowest BCUT2D eigenvalue weighted by Crippen LogP contribution is -2.21. The van der Waals surface area contributed by atoms with Crippen LogP contribution in [0.15, 0.2) is 58.8 Å². The first-order valence-corrected chi connectivity index (χ1v) is 9.35. The number of benzene rings is 1. The van der Waals surface area contributed by atoms with Crippen LogP contribution < -0.4 is 5.56 Å². The maximum absolute atomic E-state index is 13.1. The van der Waals surface area contributed by atoms with Gasteiger partial charge in [-0.25, -0.2) is 9.67 Å². The topological polar surface area (TPSA) is 67.8 Å². The Kier molecular flexibility index (Phi) is 3.39. The monoisotopic (exact) mass is 361 g/mol. The lowest BCUT2D eigenvalue weighted by molar-refractivity contribution is 0.0965. The van der Waals surface area contributed by atoms with Crippen LogP contribution >= 0.6 is 11.3 Å². The summed E-state index contributed by atoms with van der Waals surface area (Å²) in [5.74, 6) is 0.186. The molecule has 26 heavy (non-hydrogen) atoms. The van der Waals surface area contributed by atoms with Crippen molar-refractivity contribution in [3.8, 4) is 5.69 Å². The molecule has 0 spiro atoms. The molecule has 5 nitrogen and oxygen atoms in total. The molecule has 5 rings (SSSR count). The second-order valence-electron chi connectivity index (χ2n) is 6.51. The summed E-state index contributed by atoms with van der Waals surface area (Å²) < 4.78 is 1.50. The normalized spacial score (nSPS) is 16.8. The molecule has 0 saturated carbocycles. The van der Waals surface area contributed by atoms with E-state index < -0.39 is 0 Å². The van der Waals surface area contributed by atoms with Crippen LogP contribution in [0.25, 0.3) is 16.7 Å². The smallest absolute Gasteiger partial charge is 0.281 e. The molecule has 0 unspecified atom stereocenters. The summed E-state index contributed by atoms with van der Waals surface area (Å²) >= 11 is 1.66. The van der Waals surface area contributed by atoms with E-state index in [1.54, 1.807) is 17.5 Å². The number of pyridine rings is 1. The molecule has 0 bridgehead atoms. The number of nitrogens with one attached hydrogen (secondary N) is 1. The van der Waals surface area contributed by atoms with Crippen molar-refractivity contribution >= 4 is 28.2 Å². The Morgan fingerprint density at radius 3 is 2.69 bits per heavy atom. The first kappa shape index (κ1) is 15.3. The van der Waals surface area contributed by atoms with E-state index in [-0.39, 0.29) is 17.3 Å². The summed E-state index contributed by atoms with van der Waals surface area (Å²) in [6, 6.07) is 13.5. The average Bonchev–Trinajstić information content (AvgIpc) is 3.31. The number of Topliss-reactive ketones (excluding diaryl/α,β-unsaturated/α-hetero) is 1. The third-order valence-electron chi connectivity index (χ3n) is 4.96. The van der Waals surface area contributed by atoms with Crippen LogP contribution in [-0.2, 0) is 6.42 Å². The third-order valence-corrected chi connectivity index (χ3v) is 6.00. The van der Waals surface area contributed by atoms with Gasteiger partial charge in [0.1, 0.15) is 0 Å². The van der Waals surface area contributed by atoms with Crippen LogP contribution in [0, 0.1) is 0 Å². The lowest BCUT2D eigenvalue weighted by Gasteiger charge is -2.22. The maximum atomic E-state index is 13.1. The highest BCUT2D eigenvalue weighted by molar-refractivity contribution is 7.10. The van der Waals surface area contributed by atoms with Crippen molar-refractivity contribution < 1.29 is 4.79 Å². The molecule has 0 aliphatic heterocycles. The van der Waals surface area contributed by atoms with Gasteiger partial charge in [0, 0.05) is 29.0 Å². The predicted molar refractivity (Wildman–Crippen MR) is 101 cm³/mol. The minimum Gasteiger partial charge on any atom is -0.294 e. The number of carbonyl (C=O) groups is 1. The van der Waals surface area contributed by atoms with Gasteiger partial charge in [-0.15, -0.1) is 11.3 Å². The molecule has 1 aromatic carbocycles. The SMILES string of the molecule is O=C1C[C@H](c2cccs2)Cc2c1cnc1[nH]n(-c3ccccc3)c(=O)c21. The molecule has 0 radical (unpaired) electrons. The fraction of sp³-hybridized carbons (Fsp3) is 0.150. The number of ketones is 1. The number of thiophene rings is 1. The van der Waals surface area contributed by atoms with Gasteiger partial charge in [-0.3, -0.25) is 14.7 Å². The number of hydrogen-bond donors (Lipinski definition) is 1. The molecule has 1 atom stereocenters. The quantitative estimate of drug-likeness (QED) is 0.592. The van der Waals surface area contributed by atoms with Crippen LogP contribution in [0.4, 0.5) is 0 Å². The van der Waals surface area contributed by atoms with Gasteiger partial charge in [0.15, 0.2) is 11.4 Å². The zero-order valence-electron chi connectivity index (χ0n) is 13.8. The van der Waals surface area contributed by atoms with E-state index in [4.69, 9.17) is 0 Å². The highest BCUT2D eigenvalue weighted by Crippen LogP contribution is 2.36. The Bertz CT molecular complexity index is 1170. The lowest BCUT2D eigenvalue weighted by atomic mass is 9.82. The van der Waals surface area contributed by atoms with Gasteiger partial charge in [-0.1, -0.05) is 24.3 Å². The summed E-state index contributed by atoms with van der Waals surface area (Å²) in [6.07, 6.45) is 2.76. The van der Waals surface area contributed by atoms with Crippen LogP contribution in [-0.4, -0.2) is 20.5 Å². The van der Waals surface area contributed by atoms with E-state index in [0.29, 0.717) is 29.4 Å². The molecule has 3 heterocycles. The molecule has 1 N–H and O–H groups in total. The van der Waals surface area contributed by atoms with Gasteiger partial charge in [0.25, 0.3) is 5.56 Å². The molecular formula is C20H15N3O2S. The number of carbonyl (C=O) groups excluding carboxylic acids is 1. The molecule has 0 fully saturated rings. The van der Waals surface area contributed by atoms with Gasteiger partial charge < -0.3 is 0 Å². The van der Waals surface area contributed by atoms with E-state index in [1.807, 2.05) is 41.8 Å². The molecule has 6 heteroatoms. The van der Waals surface area contributed by atoms with Crippen molar-refractivity contribution in [1.29, 1.82) is 0 Å². The Hall–Kier alpha value is -2.99. The van der Waals surface area contributed by atoms with Gasteiger partial charge >= 0.3 is 0 Å². The molecular weight excluding hydrogens is 346 g/mol. The van der Waals surface area contributed by atoms with Crippen molar-refractivity contribution in [3.63, 3.8) is 0 Å². The van der Waals surface area contributed by atoms with Gasteiger partial charge in [-0.05, 0) is 35.6 Å². The number of hydrogen-bond acceptors (Lipinski definition) is 4. The van der Waals surface area contributed by atoms with Gasteiger partial charge in [0.2, 0.25) is 0 Å². The van der Waals surface area contributed by atoms with E-state index >= 15 is 0 Å². The van der Waals surface area contributed by atoms with Crippen LogP contribution in [0.2, 0.25) is 0 Å². The van der Waals surface area contributed by atoms with Gasteiger partial charge in [0.05, 0.1) is 11.1 Å². The molecule has 3 aromatic heterocycles. The highest BCUT2D eigenvalue weighted by Gasteiger charge is 2.30. The second kappa shape index (κ2) is 5.78. The Morgan fingerprint density at radius 2 is 1.92 bits per heavy atom. The zero-order chi connectivity index (χ0) is 17.7. The number of fused-ring (bicyclic) bond motifs is 3. The average molecular weight is 361 g/mol. The summed E-state index contributed by atoms with van der Waals surface area (Å²) in [4.78, 5) is 31.3. The van der Waals surface area contributed by atoms with Crippen molar-refractivity contribution in [2.75, 3.05) is 0 Å². The van der Waals surface area contributed by atoms with Gasteiger partial charge in [-0.2, -0.15) is 0 Å². The Balaban J connectivity index is 1.72. The zero-order valence-corrected chi connectivity index (χ0v) is 14.6. The van der Waals surface area contributed by atoms with E-state index in [9.17, 15) is 9.59 Å². The van der Waals surface area contributed by atoms with Crippen LogP contribution in [0.5, 0.6) is 0 Å². The minimum absolute atomic E-state index is 0.0610. The first-order chi connectivity index (χ1) is 12.7. The number of aromatic amines is 1. The molecule has 1 aliphatic rings. The number of para-hydroxylation sites is 1. The largest absolute Gasteiger partial charge is 0.294 e. The van der Waals surface area contributed by atoms with E-state index in [2.05, 4.69) is 16.1 Å². The summed E-state index contributed by atoms with van der Waals surface area (Å²) in [5.41, 5.74) is 2.52. The third kappa shape index (κ3) is 2.26. The standard InChI is InChI=1S/C20H15N3O2S/c24-16-10-12(17-7-4-8-26-17)9-14-15(16)11-21-19-18(14)20(25)23(22-19)13-5-2-1-3-6-13/h1-8,11-12H,9-10H2,(H,21,22)/t12-/m1/s1.